The molecule has 0 bridgehead atoms. The largest absolute Gasteiger partial charge is 0.380 e. The van der Waals surface area contributed by atoms with Gasteiger partial charge >= 0.3 is 5.92 Å². The fraction of sp³-hybridized carbons (Fsp3) is 0.250. The predicted molar refractivity (Wildman–Crippen MR) is 60.7 cm³/mol. The van der Waals surface area contributed by atoms with Gasteiger partial charge in [0.25, 0.3) is 0 Å². The third-order valence-corrected chi connectivity index (χ3v) is 2.53. The molecule has 90 valence electrons. The zero-order valence-electron chi connectivity index (χ0n) is 9.50. The van der Waals surface area contributed by atoms with E-state index in [-0.39, 0.29) is 11.4 Å². The quantitative estimate of drug-likeness (QED) is 0.872. The molecule has 0 aliphatic carbocycles. The average Bonchev–Trinajstić information content (AvgIpc) is 2.60. The van der Waals surface area contributed by atoms with E-state index in [2.05, 4.69) is 9.68 Å². The van der Waals surface area contributed by atoms with E-state index in [1.807, 2.05) is 19.1 Å². The van der Waals surface area contributed by atoms with Crippen LogP contribution in [0.2, 0.25) is 0 Å². The summed E-state index contributed by atoms with van der Waals surface area (Å²) in [5.41, 5.74) is 7.23. The van der Waals surface area contributed by atoms with Crippen LogP contribution in [0.25, 0.3) is 11.1 Å². The van der Waals surface area contributed by atoms with Crippen LogP contribution in [-0.4, -0.2) is 5.16 Å². The SMILES string of the molecule is Cc1ccccc1-c1c(N)noc1C(C)(F)F. The second-order valence-electron chi connectivity index (χ2n) is 3.98. The van der Waals surface area contributed by atoms with Crippen molar-refractivity contribution in [1.82, 2.24) is 5.16 Å². The number of hydrogen-bond acceptors (Lipinski definition) is 3. The lowest BCUT2D eigenvalue weighted by molar-refractivity contribution is -0.00974. The van der Waals surface area contributed by atoms with Crippen LogP contribution in [0.5, 0.6) is 0 Å². The summed E-state index contributed by atoms with van der Waals surface area (Å²) >= 11 is 0. The molecule has 0 saturated carbocycles. The summed E-state index contributed by atoms with van der Waals surface area (Å²) in [5.74, 6) is -3.62. The standard InChI is InChI=1S/C12H12F2N2O/c1-7-5-3-4-6-8(7)9-10(12(2,13)14)17-16-11(9)15/h3-6H,1-2H3,(H2,15,16). The smallest absolute Gasteiger partial charge is 0.305 e. The molecule has 0 atom stereocenters. The van der Waals surface area contributed by atoms with Gasteiger partial charge in [-0.05, 0) is 18.1 Å². The second kappa shape index (κ2) is 3.84. The van der Waals surface area contributed by atoms with Crippen LogP contribution in [0, 0.1) is 6.92 Å². The molecular formula is C12H12F2N2O. The van der Waals surface area contributed by atoms with Crippen LogP contribution >= 0.6 is 0 Å². The molecule has 0 radical (unpaired) electrons. The Labute approximate surface area is 97.2 Å². The number of nitrogens with zero attached hydrogens (tertiary/aromatic N) is 1. The van der Waals surface area contributed by atoms with Crippen molar-refractivity contribution < 1.29 is 13.3 Å². The Hall–Kier alpha value is -1.91. The molecule has 1 heterocycles. The van der Waals surface area contributed by atoms with Gasteiger partial charge in [0.15, 0.2) is 5.82 Å². The van der Waals surface area contributed by atoms with Crippen molar-refractivity contribution in [3.05, 3.63) is 35.6 Å². The topological polar surface area (TPSA) is 52.0 Å². The molecular weight excluding hydrogens is 226 g/mol. The van der Waals surface area contributed by atoms with E-state index in [9.17, 15) is 8.78 Å². The van der Waals surface area contributed by atoms with E-state index in [1.165, 1.54) is 0 Å². The summed E-state index contributed by atoms with van der Waals surface area (Å²) in [6, 6.07) is 7.12. The summed E-state index contributed by atoms with van der Waals surface area (Å²) < 4.78 is 31.4. The lowest BCUT2D eigenvalue weighted by atomic mass is 9.99. The Morgan fingerprint density at radius 3 is 2.53 bits per heavy atom. The number of aromatic nitrogens is 1. The van der Waals surface area contributed by atoms with Crippen molar-refractivity contribution in [2.75, 3.05) is 5.73 Å². The van der Waals surface area contributed by atoms with Crippen LogP contribution in [0.1, 0.15) is 18.2 Å². The molecule has 0 fully saturated rings. The number of aryl methyl sites for hydroxylation is 1. The Morgan fingerprint density at radius 2 is 1.94 bits per heavy atom. The molecule has 0 amide bonds. The summed E-state index contributed by atoms with van der Waals surface area (Å²) in [4.78, 5) is 0. The number of alkyl halides is 2. The van der Waals surface area contributed by atoms with Crippen molar-refractivity contribution in [2.45, 2.75) is 19.8 Å². The molecule has 2 N–H and O–H groups in total. The Morgan fingerprint density at radius 1 is 1.29 bits per heavy atom. The normalized spacial score (nSPS) is 11.8. The number of benzene rings is 1. The van der Waals surface area contributed by atoms with Gasteiger partial charge in [0.1, 0.15) is 0 Å². The van der Waals surface area contributed by atoms with Crippen LogP contribution in [-0.2, 0) is 5.92 Å². The monoisotopic (exact) mass is 238 g/mol. The molecule has 17 heavy (non-hydrogen) atoms. The molecule has 0 unspecified atom stereocenters. The first-order valence-corrected chi connectivity index (χ1v) is 5.10. The first-order chi connectivity index (χ1) is 7.91. The highest BCUT2D eigenvalue weighted by Gasteiger charge is 2.35. The predicted octanol–water partition coefficient (Wildman–Crippen LogP) is 3.34. The number of nitrogens with two attached hydrogens (primary N) is 1. The highest BCUT2D eigenvalue weighted by molar-refractivity contribution is 5.78. The minimum absolute atomic E-state index is 0.0178. The van der Waals surface area contributed by atoms with Gasteiger partial charge in [0, 0.05) is 6.92 Å². The third-order valence-electron chi connectivity index (χ3n) is 2.53. The van der Waals surface area contributed by atoms with Crippen LogP contribution < -0.4 is 5.73 Å². The van der Waals surface area contributed by atoms with Gasteiger partial charge < -0.3 is 10.3 Å². The zero-order chi connectivity index (χ0) is 12.6. The Bertz CT molecular complexity index is 544. The van der Waals surface area contributed by atoms with Crippen LogP contribution in [0.4, 0.5) is 14.6 Å². The lowest BCUT2D eigenvalue weighted by Crippen LogP contribution is -2.07. The maximum Gasteiger partial charge on any atom is 0.305 e. The molecule has 3 nitrogen and oxygen atoms in total. The second-order valence-corrected chi connectivity index (χ2v) is 3.98. The molecule has 5 heteroatoms. The van der Waals surface area contributed by atoms with Crippen LogP contribution in [0.3, 0.4) is 0 Å². The van der Waals surface area contributed by atoms with Gasteiger partial charge in [-0.25, -0.2) is 0 Å². The molecule has 0 saturated heterocycles. The summed E-state index contributed by atoms with van der Waals surface area (Å²) in [6.45, 7) is 2.58. The summed E-state index contributed by atoms with van der Waals surface area (Å²) in [6.07, 6.45) is 0. The van der Waals surface area contributed by atoms with Crippen molar-refractivity contribution >= 4 is 5.82 Å². The molecule has 2 rings (SSSR count). The van der Waals surface area contributed by atoms with E-state index in [4.69, 9.17) is 5.73 Å². The highest BCUT2D eigenvalue weighted by atomic mass is 19.3. The molecule has 2 aromatic rings. The minimum Gasteiger partial charge on any atom is -0.380 e. The first kappa shape index (κ1) is 11.6. The van der Waals surface area contributed by atoms with Crippen molar-refractivity contribution in [3.63, 3.8) is 0 Å². The van der Waals surface area contributed by atoms with Gasteiger partial charge in [-0.15, -0.1) is 0 Å². The van der Waals surface area contributed by atoms with E-state index in [0.717, 1.165) is 12.5 Å². The molecule has 1 aromatic heterocycles. The number of halogens is 2. The molecule has 0 aliphatic rings. The number of rotatable bonds is 2. The van der Waals surface area contributed by atoms with Crippen molar-refractivity contribution in [2.24, 2.45) is 0 Å². The number of hydrogen-bond donors (Lipinski definition) is 1. The number of nitrogen functional groups attached to an aromatic ring is 1. The fourth-order valence-electron chi connectivity index (χ4n) is 1.72. The molecule has 0 aliphatic heterocycles. The fourth-order valence-corrected chi connectivity index (χ4v) is 1.72. The average molecular weight is 238 g/mol. The Balaban J connectivity index is 2.68. The van der Waals surface area contributed by atoms with E-state index < -0.39 is 11.7 Å². The summed E-state index contributed by atoms with van der Waals surface area (Å²) in [5, 5.41) is 3.42. The number of anilines is 1. The van der Waals surface area contributed by atoms with E-state index in [0.29, 0.717) is 5.56 Å². The lowest BCUT2D eigenvalue weighted by Gasteiger charge is -2.10. The zero-order valence-corrected chi connectivity index (χ0v) is 9.50. The summed E-state index contributed by atoms with van der Waals surface area (Å²) in [7, 11) is 0. The van der Waals surface area contributed by atoms with Gasteiger partial charge in [-0.1, -0.05) is 29.4 Å². The van der Waals surface area contributed by atoms with Gasteiger partial charge in [0.2, 0.25) is 5.76 Å². The maximum absolute atomic E-state index is 13.4. The maximum atomic E-state index is 13.4. The first-order valence-electron chi connectivity index (χ1n) is 5.10. The van der Waals surface area contributed by atoms with Crippen molar-refractivity contribution in [3.8, 4) is 11.1 Å². The minimum atomic E-state index is -3.11. The van der Waals surface area contributed by atoms with E-state index >= 15 is 0 Å². The molecule has 1 aromatic carbocycles. The van der Waals surface area contributed by atoms with E-state index in [1.54, 1.807) is 12.1 Å². The molecule has 0 spiro atoms. The Kier molecular flexibility index (Phi) is 2.61. The van der Waals surface area contributed by atoms with Gasteiger partial charge in [0.05, 0.1) is 5.56 Å². The van der Waals surface area contributed by atoms with Crippen molar-refractivity contribution in [1.29, 1.82) is 0 Å². The van der Waals surface area contributed by atoms with Crippen LogP contribution in [0.15, 0.2) is 28.8 Å². The van der Waals surface area contributed by atoms with Gasteiger partial charge in [-0.3, -0.25) is 0 Å². The highest BCUT2D eigenvalue weighted by Crippen LogP contribution is 2.39. The third kappa shape index (κ3) is 2.00. The van der Waals surface area contributed by atoms with Gasteiger partial charge in [-0.2, -0.15) is 8.78 Å².